The van der Waals surface area contributed by atoms with Gasteiger partial charge >= 0.3 is 18.0 Å². The summed E-state index contributed by atoms with van der Waals surface area (Å²) in [6.45, 7) is 9.51. The monoisotopic (exact) mass is 304 g/mol. The second-order valence-corrected chi connectivity index (χ2v) is 6.53. The molecule has 0 fully saturated rings. The van der Waals surface area contributed by atoms with E-state index in [0.717, 1.165) is 0 Å². The number of hydrogen-bond acceptors (Lipinski definition) is 6. The molecule has 21 heavy (non-hydrogen) atoms. The Morgan fingerprint density at radius 2 is 1.71 bits per heavy atom. The molecule has 0 aromatic heterocycles. The van der Waals surface area contributed by atoms with Gasteiger partial charge in [-0.15, -0.1) is 0 Å². The van der Waals surface area contributed by atoms with Gasteiger partial charge in [0.25, 0.3) is 0 Å². The lowest BCUT2D eigenvalue weighted by molar-refractivity contribution is -0.167. The number of carbonyl (C=O) groups excluding carboxylic acids is 3. The first-order valence-electron chi connectivity index (χ1n) is 7.20. The molecule has 0 aliphatic carbocycles. The second kappa shape index (κ2) is 7.40. The molecule has 7 nitrogen and oxygen atoms in total. The number of carbonyl (C=O) groups is 3. The van der Waals surface area contributed by atoms with Crippen molar-refractivity contribution >= 4 is 18.0 Å². The third-order valence-corrected chi connectivity index (χ3v) is 2.07. The van der Waals surface area contributed by atoms with Gasteiger partial charge in [-0.05, 0) is 41.5 Å². The third-order valence-electron chi connectivity index (χ3n) is 2.07. The minimum Gasteiger partial charge on any atom is -0.444 e. The maximum Gasteiger partial charge on any atom is 0.408 e. The third kappa shape index (κ3) is 8.29. The Morgan fingerprint density at radius 1 is 1.14 bits per heavy atom. The molecule has 0 unspecified atom stereocenters. The highest BCUT2D eigenvalue weighted by Gasteiger charge is 2.31. The Labute approximate surface area is 126 Å². The predicted octanol–water partition coefficient (Wildman–Crippen LogP) is 1.64. The van der Waals surface area contributed by atoms with E-state index in [4.69, 9.17) is 15.6 Å². The van der Waals surface area contributed by atoms with Crippen molar-refractivity contribution < 1.29 is 30.0 Å². The summed E-state index contributed by atoms with van der Waals surface area (Å²) in [5.41, 5.74) is -1.60. The summed E-state index contributed by atoms with van der Waals surface area (Å²) in [5.74, 6) is -1.68. The molecule has 7 heteroatoms. The normalized spacial score (nSPS) is 13.9. The van der Waals surface area contributed by atoms with Crippen molar-refractivity contribution in [3.8, 4) is 0 Å². The largest absolute Gasteiger partial charge is 0.444 e. The molecule has 0 saturated carbocycles. The van der Waals surface area contributed by atoms with E-state index in [9.17, 15) is 14.4 Å². The Balaban J connectivity index is 4.79. The van der Waals surface area contributed by atoms with Gasteiger partial charge in [0.1, 0.15) is 5.60 Å². The molecule has 0 aliphatic rings. The van der Waals surface area contributed by atoms with Gasteiger partial charge in [-0.2, -0.15) is 0 Å². The van der Waals surface area contributed by atoms with E-state index >= 15 is 0 Å². The average Bonchev–Trinajstić information content (AvgIpc) is 2.30. The summed E-state index contributed by atoms with van der Waals surface area (Å²) >= 11 is 0. The van der Waals surface area contributed by atoms with Gasteiger partial charge in [-0.1, -0.05) is 0 Å². The summed E-state index contributed by atoms with van der Waals surface area (Å²) in [6, 6.07) is -1.23. The SMILES string of the molecule is [2H]COC[C@H](NC(=O)OC(C)(C)C)C(=O)OC(=O)C(C)(C)C. The minimum absolute atomic E-state index is 0.293. The number of hydrogen-bond donors (Lipinski definition) is 1. The van der Waals surface area contributed by atoms with Crippen molar-refractivity contribution in [1.82, 2.24) is 5.32 Å². The lowest BCUT2D eigenvalue weighted by Gasteiger charge is -2.23. The van der Waals surface area contributed by atoms with Crippen LogP contribution in [0.15, 0.2) is 0 Å². The van der Waals surface area contributed by atoms with E-state index in [1.807, 2.05) is 0 Å². The molecule has 0 aromatic carbocycles. The Bertz CT molecular complexity index is 411. The molecular formula is C14H25NO6. The maximum atomic E-state index is 12.0. The van der Waals surface area contributed by atoms with Crippen LogP contribution in [0.1, 0.15) is 42.9 Å². The fourth-order valence-electron chi connectivity index (χ4n) is 1.05. The molecule has 0 aromatic rings. The van der Waals surface area contributed by atoms with E-state index in [1.54, 1.807) is 41.5 Å². The molecule has 0 radical (unpaired) electrons. The number of amides is 1. The van der Waals surface area contributed by atoms with E-state index in [0.29, 0.717) is 0 Å². The van der Waals surface area contributed by atoms with Gasteiger partial charge in [-0.3, -0.25) is 4.79 Å². The van der Waals surface area contributed by atoms with Gasteiger partial charge in [-0.25, -0.2) is 9.59 Å². The van der Waals surface area contributed by atoms with Crippen molar-refractivity contribution in [1.29, 1.82) is 0 Å². The van der Waals surface area contributed by atoms with Crippen molar-refractivity contribution in [2.45, 2.75) is 53.2 Å². The average molecular weight is 304 g/mol. The fourth-order valence-corrected chi connectivity index (χ4v) is 1.05. The zero-order chi connectivity index (χ0) is 17.6. The van der Waals surface area contributed by atoms with E-state index in [1.165, 1.54) is 0 Å². The first-order valence-corrected chi connectivity index (χ1v) is 6.49. The fraction of sp³-hybridized carbons (Fsp3) is 0.786. The van der Waals surface area contributed by atoms with Crippen LogP contribution in [0.2, 0.25) is 0 Å². The minimum atomic E-state index is -1.23. The quantitative estimate of drug-likeness (QED) is 0.627. The van der Waals surface area contributed by atoms with Gasteiger partial charge in [0.2, 0.25) is 0 Å². The standard InChI is InChI=1S/C14H25NO6/c1-13(2,3)11(17)20-10(16)9(8-19-7)15-12(18)21-14(4,5)6/h9H,8H2,1-7H3,(H,15,18)/t9-/m0/s1/i7D. The van der Waals surface area contributed by atoms with Crippen LogP contribution in [0, 0.1) is 5.41 Å². The molecule has 0 aliphatic heterocycles. The maximum absolute atomic E-state index is 12.0. The summed E-state index contributed by atoms with van der Waals surface area (Å²) in [5, 5.41) is 2.27. The number of nitrogens with one attached hydrogen (secondary N) is 1. The molecule has 1 atom stereocenters. The van der Waals surface area contributed by atoms with Gasteiger partial charge in [0.05, 0.1) is 13.4 Å². The molecule has 1 N–H and O–H groups in total. The molecule has 122 valence electrons. The number of ether oxygens (including phenoxy) is 3. The topological polar surface area (TPSA) is 90.9 Å². The second-order valence-electron chi connectivity index (χ2n) is 6.53. The lowest BCUT2D eigenvalue weighted by Crippen LogP contribution is -2.47. The number of esters is 2. The number of alkyl carbamates (subject to hydrolysis) is 1. The summed E-state index contributed by atoms with van der Waals surface area (Å²) in [4.78, 5) is 35.3. The molecule has 0 spiro atoms. The lowest BCUT2D eigenvalue weighted by atomic mass is 9.97. The first kappa shape index (κ1) is 17.4. The van der Waals surface area contributed by atoms with Crippen molar-refractivity contribution in [3.05, 3.63) is 0 Å². The molecule has 0 heterocycles. The molecule has 0 rings (SSSR count). The van der Waals surface area contributed by atoms with Crippen LogP contribution in [0.5, 0.6) is 0 Å². The zero-order valence-electron chi connectivity index (χ0n) is 14.4. The Kier molecular flexibility index (Phi) is 6.14. The summed E-state index contributed by atoms with van der Waals surface area (Å²) < 4.78 is 21.5. The van der Waals surface area contributed by atoms with Crippen LogP contribution in [-0.4, -0.2) is 43.4 Å². The van der Waals surface area contributed by atoms with E-state index in [2.05, 4.69) is 5.32 Å². The summed E-state index contributed by atoms with van der Waals surface area (Å²) in [7, 11) is -0.396. The van der Waals surface area contributed by atoms with Gasteiger partial charge in [0, 0.05) is 7.09 Å². The smallest absolute Gasteiger partial charge is 0.408 e. The zero-order valence-corrected chi connectivity index (χ0v) is 13.4. The van der Waals surface area contributed by atoms with Crippen molar-refractivity contribution in [2.24, 2.45) is 5.41 Å². The van der Waals surface area contributed by atoms with Crippen molar-refractivity contribution in [2.75, 3.05) is 13.7 Å². The van der Waals surface area contributed by atoms with Crippen LogP contribution in [0.3, 0.4) is 0 Å². The van der Waals surface area contributed by atoms with Crippen LogP contribution in [0.4, 0.5) is 4.79 Å². The first-order chi connectivity index (χ1) is 9.86. The summed E-state index contributed by atoms with van der Waals surface area (Å²) in [6.07, 6.45) is -0.841. The van der Waals surface area contributed by atoms with Crippen LogP contribution in [-0.2, 0) is 23.8 Å². The molecule has 0 saturated heterocycles. The van der Waals surface area contributed by atoms with E-state index in [-0.39, 0.29) is 6.61 Å². The number of rotatable bonds is 4. The van der Waals surface area contributed by atoms with Crippen LogP contribution in [0.25, 0.3) is 0 Å². The van der Waals surface area contributed by atoms with Gasteiger partial charge < -0.3 is 19.5 Å². The molecular weight excluding hydrogens is 278 g/mol. The molecule has 1 amide bonds. The molecule has 0 bridgehead atoms. The van der Waals surface area contributed by atoms with Gasteiger partial charge in [0.15, 0.2) is 6.04 Å². The Morgan fingerprint density at radius 3 is 2.14 bits per heavy atom. The van der Waals surface area contributed by atoms with Crippen molar-refractivity contribution in [3.63, 3.8) is 0 Å². The highest BCUT2D eigenvalue weighted by molar-refractivity contribution is 5.92. The Hall–Kier alpha value is -1.63. The van der Waals surface area contributed by atoms with Crippen LogP contribution < -0.4 is 5.32 Å². The highest BCUT2D eigenvalue weighted by atomic mass is 16.6. The predicted molar refractivity (Wildman–Crippen MR) is 75.6 cm³/mol. The van der Waals surface area contributed by atoms with E-state index < -0.39 is 42.2 Å². The highest BCUT2D eigenvalue weighted by Crippen LogP contribution is 2.15. The van der Waals surface area contributed by atoms with Crippen LogP contribution >= 0.6 is 0 Å². The number of methoxy groups -OCH3 is 1.